The molecule has 0 radical (unpaired) electrons. The first kappa shape index (κ1) is 14.6. The van der Waals surface area contributed by atoms with Crippen LogP contribution in [0.2, 0.25) is 0 Å². The highest BCUT2D eigenvalue weighted by Crippen LogP contribution is 2.34. The summed E-state index contributed by atoms with van der Waals surface area (Å²) in [6, 6.07) is 5.40. The van der Waals surface area contributed by atoms with Gasteiger partial charge in [0.1, 0.15) is 10.8 Å². The number of hydrogen-bond acceptors (Lipinski definition) is 3. The molecular formula is C14H16BrFN2S. The second kappa shape index (κ2) is 6.11. The smallest absolute Gasteiger partial charge is 0.134 e. The Bertz CT molecular complexity index is 561. The third kappa shape index (κ3) is 3.41. The molecule has 0 aliphatic heterocycles. The van der Waals surface area contributed by atoms with Crippen molar-refractivity contribution >= 4 is 27.3 Å². The Morgan fingerprint density at radius 2 is 2.16 bits per heavy atom. The maximum absolute atomic E-state index is 13.9. The van der Waals surface area contributed by atoms with E-state index in [0.717, 1.165) is 26.6 Å². The van der Waals surface area contributed by atoms with Crippen molar-refractivity contribution in [3.8, 4) is 10.6 Å². The molecule has 1 aromatic heterocycles. The van der Waals surface area contributed by atoms with Gasteiger partial charge in [0.25, 0.3) is 0 Å². The Labute approximate surface area is 125 Å². The highest BCUT2D eigenvalue weighted by Gasteiger charge is 2.15. The summed E-state index contributed by atoms with van der Waals surface area (Å²) in [7, 11) is 0. The molecule has 0 atom stereocenters. The molecule has 2 nitrogen and oxygen atoms in total. The monoisotopic (exact) mass is 342 g/mol. The van der Waals surface area contributed by atoms with E-state index >= 15 is 0 Å². The molecule has 1 heterocycles. The van der Waals surface area contributed by atoms with Crippen LogP contribution in [0.1, 0.15) is 24.4 Å². The van der Waals surface area contributed by atoms with E-state index in [1.807, 2.05) is 13.0 Å². The van der Waals surface area contributed by atoms with E-state index < -0.39 is 0 Å². The lowest BCUT2D eigenvalue weighted by atomic mass is 10.2. The summed E-state index contributed by atoms with van der Waals surface area (Å²) in [5.74, 6) is -0.244. The zero-order valence-corrected chi connectivity index (χ0v) is 13.5. The van der Waals surface area contributed by atoms with Crippen molar-refractivity contribution in [2.24, 2.45) is 0 Å². The van der Waals surface area contributed by atoms with Gasteiger partial charge in [-0.1, -0.05) is 19.9 Å². The van der Waals surface area contributed by atoms with E-state index in [1.165, 1.54) is 17.4 Å². The second-order valence-corrected chi connectivity index (χ2v) is 6.60. The summed E-state index contributed by atoms with van der Waals surface area (Å²) in [6.45, 7) is 6.94. The van der Waals surface area contributed by atoms with Crippen LogP contribution in [0.15, 0.2) is 22.7 Å². The molecule has 0 unspecified atom stereocenters. The van der Waals surface area contributed by atoms with Crippen molar-refractivity contribution in [1.29, 1.82) is 0 Å². The lowest BCUT2D eigenvalue weighted by molar-refractivity contribution is 0.591. The van der Waals surface area contributed by atoms with Crippen molar-refractivity contribution in [3.63, 3.8) is 0 Å². The largest absolute Gasteiger partial charge is 0.310 e. The van der Waals surface area contributed by atoms with E-state index in [1.54, 1.807) is 6.07 Å². The lowest BCUT2D eigenvalue weighted by Gasteiger charge is -2.06. The lowest BCUT2D eigenvalue weighted by Crippen LogP contribution is -2.21. The Morgan fingerprint density at radius 1 is 1.42 bits per heavy atom. The van der Waals surface area contributed by atoms with Crippen LogP contribution in [0.25, 0.3) is 10.6 Å². The Hall–Kier alpha value is -0.780. The van der Waals surface area contributed by atoms with E-state index in [-0.39, 0.29) is 5.82 Å². The predicted molar refractivity (Wildman–Crippen MR) is 81.9 cm³/mol. The number of thiazole rings is 1. The highest BCUT2D eigenvalue weighted by atomic mass is 79.9. The zero-order chi connectivity index (χ0) is 14.0. The van der Waals surface area contributed by atoms with E-state index in [9.17, 15) is 4.39 Å². The van der Waals surface area contributed by atoms with Crippen LogP contribution in [0.4, 0.5) is 4.39 Å². The zero-order valence-electron chi connectivity index (χ0n) is 11.1. The molecule has 0 aliphatic rings. The molecule has 2 aromatic rings. The van der Waals surface area contributed by atoms with Gasteiger partial charge in [-0.3, -0.25) is 0 Å². The van der Waals surface area contributed by atoms with Gasteiger partial charge in [-0.2, -0.15) is 0 Å². The minimum absolute atomic E-state index is 0.244. The number of nitrogens with zero attached hydrogens (tertiary/aromatic N) is 1. The van der Waals surface area contributed by atoms with Crippen molar-refractivity contribution in [1.82, 2.24) is 10.3 Å². The topological polar surface area (TPSA) is 24.9 Å². The summed E-state index contributed by atoms with van der Waals surface area (Å²) in [6.07, 6.45) is 0. The molecule has 1 N–H and O–H groups in total. The molecule has 19 heavy (non-hydrogen) atoms. The Balaban J connectivity index is 2.34. The van der Waals surface area contributed by atoms with Crippen molar-refractivity contribution in [2.45, 2.75) is 33.4 Å². The fourth-order valence-electron chi connectivity index (χ4n) is 1.70. The fourth-order valence-corrected chi connectivity index (χ4v) is 3.43. The Kier molecular flexibility index (Phi) is 4.71. The molecule has 102 valence electrons. The first-order chi connectivity index (χ1) is 8.99. The van der Waals surface area contributed by atoms with Gasteiger partial charge < -0.3 is 5.32 Å². The highest BCUT2D eigenvalue weighted by molar-refractivity contribution is 9.10. The minimum Gasteiger partial charge on any atom is -0.310 e. The number of aryl methyl sites for hydroxylation is 1. The van der Waals surface area contributed by atoms with Gasteiger partial charge in [0, 0.05) is 21.9 Å². The van der Waals surface area contributed by atoms with E-state index in [2.05, 4.69) is 40.1 Å². The van der Waals surface area contributed by atoms with Crippen LogP contribution < -0.4 is 5.32 Å². The van der Waals surface area contributed by atoms with Crippen LogP contribution >= 0.6 is 27.3 Å². The number of aromatic nitrogens is 1. The molecule has 0 fully saturated rings. The summed E-state index contributed by atoms with van der Waals surface area (Å²) >= 11 is 4.93. The average molecular weight is 343 g/mol. The molecule has 0 bridgehead atoms. The summed E-state index contributed by atoms with van der Waals surface area (Å²) in [4.78, 5) is 5.64. The third-order valence-electron chi connectivity index (χ3n) is 2.74. The van der Waals surface area contributed by atoms with Crippen LogP contribution in [-0.2, 0) is 6.54 Å². The number of halogens is 2. The fraction of sp³-hybridized carbons (Fsp3) is 0.357. The predicted octanol–water partition coefficient (Wildman–Crippen LogP) is 4.52. The third-order valence-corrected chi connectivity index (χ3v) is 4.58. The van der Waals surface area contributed by atoms with Gasteiger partial charge in [0.05, 0.1) is 11.3 Å². The maximum atomic E-state index is 13.9. The van der Waals surface area contributed by atoms with E-state index in [0.29, 0.717) is 11.6 Å². The van der Waals surface area contributed by atoms with Crippen molar-refractivity contribution in [3.05, 3.63) is 39.1 Å². The molecular weight excluding hydrogens is 327 g/mol. The quantitative estimate of drug-likeness (QED) is 0.883. The van der Waals surface area contributed by atoms with Crippen LogP contribution in [0.3, 0.4) is 0 Å². The van der Waals surface area contributed by atoms with Gasteiger partial charge in [0.2, 0.25) is 0 Å². The summed E-state index contributed by atoms with van der Waals surface area (Å²) < 4.78 is 14.7. The summed E-state index contributed by atoms with van der Waals surface area (Å²) in [5.41, 5.74) is 1.51. The van der Waals surface area contributed by atoms with Crippen LogP contribution in [-0.4, -0.2) is 11.0 Å². The molecule has 0 saturated carbocycles. The van der Waals surface area contributed by atoms with Gasteiger partial charge >= 0.3 is 0 Å². The molecule has 0 spiro atoms. The van der Waals surface area contributed by atoms with Gasteiger partial charge in [-0.15, -0.1) is 11.3 Å². The van der Waals surface area contributed by atoms with Crippen molar-refractivity contribution in [2.75, 3.05) is 0 Å². The van der Waals surface area contributed by atoms with Gasteiger partial charge in [-0.25, -0.2) is 9.37 Å². The standard InChI is InChI=1S/C14H16BrFN2S/c1-8(2)17-7-12-9(3)18-14(19-12)13-10(15)5-4-6-11(13)16/h4-6,8,17H,7H2,1-3H3. The molecule has 5 heteroatoms. The summed E-state index contributed by atoms with van der Waals surface area (Å²) in [5, 5.41) is 4.09. The first-order valence-corrected chi connectivity index (χ1v) is 7.74. The number of rotatable bonds is 4. The number of benzene rings is 1. The second-order valence-electron chi connectivity index (χ2n) is 4.66. The minimum atomic E-state index is -0.244. The van der Waals surface area contributed by atoms with Gasteiger partial charge in [-0.05, 0) is 35.0 Å². The average Bonchev–Trinajstić information content (AvgIpc) is 2.67. The first-order valence-electron chi connectivity index (χ1n) is 6.13. The number of nitrogens with one attached hydrogen (secondary N) is 1. The van der Waals surface area contributed by atoms with E-state index in [4.69, 9.17) is 0 Å². The van der Waals surface area contributed by atoms with Gasteiger partial charge in [0.15, 0.2) is 0 Å². The Morgan fingerprint density at radius 3 is 2.79 bits per heavy atom. The normalized spacial score (nSPS) is 11.3. The maximum Gasteiger partial charge on any atom is 0.134 e. The molecule has 2 rings (SSSR count). The van der Waals surface area contributed by atoms with Crippen LogP contribution in [0.5, 0.6) is 0 Å². The SMILES string of the molecule is Cc1nc(-c2c(F)cccc2Br)sc1CNC(C)C. The molecule has 0 saturated heterocycles. The molecule has 0 amide bonds. The number of hydrogen-bond donors (Lipinski definition) is 1. The van der Waals surface area contributed by atoms with Crippen LogP contribution in [0, 0.1) is 12.7 Å². The molecule has 1 aromatic carbocycles. The van der Waals surface area contributed by atoms with Crippen molar-refractivity contribution < 1.29 is 4.39 Å². The molecule has 0 aliphatic carbocycles.